The highest BCUT2D eigenvalue weighted by Crippen LogP contribution is 2.26. The van der Waals surface area contributed by atoms with Crippen molar-refractivity contribution in [3.05, 3.63) is 29.3 Å². The van der Waals surface area contributed by atoms with Crippen LogP contribution < -0.4 is 5.32 Å². The normalized spacial score (nSPS) is 13.5. The molecule has 1 N–H and O–H groups in total. The van der Waals surface area contributed by atoms with Gasteiger partial charge in [-0.3, -0.25) is 4.79 Å². The Morgan fingerprint density at radius 2 is 1.96 bits per heavy atom. The zero-order valence-corrected chi connectivity index (χ0v) is 15.7. The fourth-order valence-corrected chi connectivity index (χ4v) is 3.41. The SMILES string of the molecule is CCCC(C)NC(=O)C(C)Sc1nnnn1-c1c(C)cccc1C. The van der Waals surface area contributed by atoms with Crippen LogP contribution in [0.25, 0.3) is 5.69 Å². The summed E-state index contributed by atoms with van der Waals surface area (Å²) < 4.78 is 1.72. The number of para-hydroxylation sites is 1. The first-order valence-electron chi connectivity index (χ1n) is 8.26. The highest BCUT2D eigenvalue weighted by molar-refractivity contribution is 8.00. The molecule has 0 radical (unpaired) electrons. The summed E-state index contributed by atoms with van der Waals surface area (Å²) in [6.45, 7) is 10.1. The summed E-state index contributed by atoms with van der Waals surface area (Å²) in [5.74, 6) is 0.0111. The van der Waals surface area contributed by atoms with E-state index in [1.165, 1.54) is 11.8 Å². The lowest BCUT2D eigenvalue weighted by Gasteiger charge is -2.17. The second-order valence-corrected chi connectivity index (χ2v) is 7.38. The first-order valence-corrected chi connectivity index (χ1v) is 9.14. The molecule has 1 aromatic carbocycles. The molecular weight excluding hydrogens is 322 g/mol. The fourth-order valence-electron chi connectivity index (χ4n) is 2.61. The van der Waals surface area contributed by atoms with Gasteiger partial charge in [0.15, 0.2) is 0 Å². The van der Waals surface area contributed by atoms with Gasteiger partial charge in [0.05, 0.1) is 10.9 Å². The monoisotopic (exact) mass is 347 g/mol. The number of nitrogens with one attached hydrogen (secondary N) is 1. The van der Waals surface area contributed by atoms with Crippen molar-refractivity contribution >= 4 is 17.7 Å². The molecule has 0 spiro atoms. The van der Waals surface area contributed by atoms with Gasteiger partial charge < -0.3 is 5.32 Å². The molecule has 24 heavy (non-hydrogen) atoms. The zero-order valence-electron chi connectivity index (χ0n) is 14.9. The smallest absolute Gasteiger partial charge is 0.233 e. The number of aromatic nitrogens is 4. The third kappa shape index (κ3) is 4.35. The van der Waals surface area contributed by atoms with Crippen LogP contribution in [0.15, 0.2) is 23.4 Å². The Balaban J connectivity index is 2.15. The van der Waals surface area contributed by atoms with Gasteiger partial charge in [0.25, 0.3) is 0 Å². The van der Waals surface area contributed by atoms with E-state index in [0.717, 1.165) is 29.7 Å². The largest absolute Gasteiger partial charge is 0.353 e. The van der Waals surface area contributed by atoms with Crippen LogP contribution in [-0.2, 0) is 4.79 Å². The van der Waals surface area contributed by atoms with Crippen LogP contribution in [0.4, 0.5) is 0 Å². The maximum atomic E-state index is 12.3. The zero-order chi connectivity index (χ0) is 17.7. The Labute approximate surface area is 147 Å². The Bertz CT molecular complexity index is 680. The summed E-state index contributed by atoms with van der Waals surface area (Å²) in [5.41, 5.74) is 3.16. The van der Waals surface area contributed by atoms with Crippen LogP contribution in [0.5, 0.6) is 0 Å². The molecule has 7 heteroatoms. The van der Waals surface area contributed by atoms with Crippen molar-refractivity contribution < 1.29 is 4.79 Å². The summed E-state index contributed by atoms with van der Waals surface area (Å²) in [7, 11) is 0. The Kier molecular flexibility index (Phi) is 6.36. The van der Waals surface area contributed by atoms with Crippen molar-refractivity contribution in [2.45, 2.75) is 63.9 Å². The molecule has 1 aromatic heterocycles. The average Bonchev–Trinajstić information content (AvgIpc) is 2.95. The molecule has 0 bridgehead atoms. The Morgan fingerprint density at radius 1 is 1.29 bits per heavy atom. The van der Waals surface area contributed by atoms with Gasteiger partial charge in [-0.2, -0.15) is 4.68 Å². The standard InChI is InChI=1S/C17H25N5OS/c1-6-8-13(4)18-16(23)14(5)24-17-19-20-21-22(17)15-11(2)9-7-10-12(15)3/h7,9-10,13-14H,6,8H2,1-5H3,(H,18,23). The second-order valence-electron chi connectivity index (χ2n) is 6.07. The summed E-state index contributed by atoms with van der Waals surface area (Å²) in [5, 5.41) is 15.4. The minimum atomic E-state index is -0.265. The molecule has 6 nitrogen and oxygen atoms in total. The molecule has 0 aliphatic carbocycles. The number of rotatable bonds is 7. The quantitative estimate of drug-likeness (QED) is 0.779. The van der Waals surface area contributed by atoms with E-state index in [1.807, 2.05) is 45.9 Å². The van der Waals surface area contributed by atoms with Crippen molar-refractivity contribution in [2.75, 3.05) is 0 Å². The molecule has 0 saturated carbocycles. The number of hydrogen-bond donors (Lipinski definition) is 1. The topological polar surface area (TPSA) is 72.7 Å². The number of thioether (sulfide) groups is 1. The maximum Gasteiger partial charge on any atom is 0.233 e. The van der Waals surface area contributed by atoms with Crippen molar-refractivity contribution in [1.82, 2.24) is 25.5 Å². The lowest BCUT2D eigenvalue weighted by atomic mass is 10.1. The third-order valence-corrected chi connectivity index (χ3v) is 4.89. The molecule has 0 saturated heterocycles. The van der Waals surface area contributed by atoms with E-state index >= 15 is 0 Å². The van der Waals surface area contributed by atoms with Crippen LogP contribution in [0.1, 0.15) is 44.7 Å². The molecule has 0 aliphatic rings. The van der Waals surface area contributed by atoms with Gasteiger partial charge in [-0.15, -0.1) is 5.10 Å². The molecule has 2 atom stereocenters. The summed E-state index contributed by atoms with van der Waals surface area (Å²) >= 11 is 1.37. The Hall–Kier alpha value is -1.89. The molecule has 0 aliphatic heterocycles. The maximum absolute atomic E-state index is 12.3. The van der Waals surface area contributed by atoms with Crippen LogP contribution >= 0.6 is 11.8 Å². The molecule has 1 amide bonds. The van der Waals surface area contributed by atoms with E-state index in [4.69, 9.17) is 0 Å². The second kappa shape index (κ2) is 8.28. The predicted molar refractivity (Wildman–Crippen MR) is 96.5 cm³/mol. The van der Waals surface area contributed by atoms with Gasteiger partial charge >= 0.3 is 0 Å². The lowest BCUT2D eigenvalue weighted by molar-refractivity contribution is -0.120. The van der Waals surface area contributed by atoms with Crippen LogP contribution in [0, 0.1) is 13.8 Å². The van der Waals surface area contributed by atoms with E-state index in [1.54, 1.807) is 4.68 Å². The number of hydrogen-bond acceptors (Lipinski definition) is 5. The summed E-state index contributed by atoms with van der Waals surface area (Å²) in [4.78, 5) is 12.3. The van der Waals surface area contributed by atoms with Crippen molar-refractivity contribution in [3.63, 3.8) is 0 Å². The first-order chi connectivity index (χ1) is 11.4. The number of benzene rings is 1. The van der Waals surface area contributed by atoms with Crippen molar-refractivity contribution in [3.8, 4) is 5.69 Å². The lowest BCUT2D eigenvalue weighted by Crippen LogP contribution is -2.37. The fraction of sp³-hybridized carbons (Fsp3) is 0.529. The van der Waals surface area contributed by atoms with E-state index < -0.39 is 0 Å². The molecular formula is C17H25N5OS. The third-order valence-electron chi connectivity index (χ3n) is 3.85. The van der Waals surface area contributed by atoms with E-state index in [9.17, 15) is 4.79 Å². The van der Waals surface area contributed by atoms with Crippen LogP contribution in [0.2, 0.25) is 0 Å². The van der Waals surface area contributed by atoms with E-state index in [0.29, 0.717) is 5.16 Å². The van der Waals surface area contributed by atoms with E-state index in [2.05, 4.69) is 27.8 Å². The van der Waals surface area contributed by atoms with Gasteiger partial charge in [-0.05, 0) is 55.7 Å². The van der Waals surface area contributed by atoms with E-state index in [-0.39, 0.29) is 17.2 Å². The first kappa shape index (κ1) is 18.4. The molecule has 2 unspecified atom stereocenters. The number of nitrogens with zero attached hydrogens (tertiary/aromatic N) is 4. The minimum absolute atomic E-state index is 0.0111. The van der Waals surface area contributed by atoms with Crippen LogP contribution in [-0.4, -0.2) is 37.4 Å². The number of carbonyl (C=O) groups is 1. The number of aryl methyl sites for hydroxylation is 2. The van der Waals surface area contributed by atoms with Gasteiger partial charge in [-0.1, -0.05) is 43.3 Å². The Morgan fingerprint density at radius 3 is 2.58 bits per heavy atom. The molecule has 130 valence electrons. The predicted octanol–water partition coefficient (Wildman–Crippen LogP) is 3.06. The summed E-state index contributed by atoms with van der Waals surface area (Å²) in [6, 6.07) is 6.25. The number of carbonyl (C=O) groups excluding carboxylic acids is 1. The van der Waals surface area contributed by atoms with Crippen molar-refractivity contribution in [2.24, 2.45) is 0 Å². The van der Waals surface area contributed by atoms with Gasteiger partial charge in [0, 0.05) is 6.04 Å². The number of amides is 1. The van der Waals surface area contributed by atoms with Gasteiger partial charge in [-0.25, -0.2) is 0 Å². The van der Waals surface area contributed by atoms with Gasteiger partial charge in [0.2, 0.25) is 11.1 Å². The molecule has 1 heterocycles. The summed E-state index contributed by atoms with van der Waals surface area (Å²) in [6.07, 6.45) is 2.02. The molecule has 2 aromatic rings. The highest BCUT2D eigenvalue weighted by atomic mass is 32.2. The molecule has 2 rings (SSSR count). The highest BCUT2D eigenvalue weighted by Gasteiger charge is 2.21. The van der Waals surface area contributed by atoms with Gasteiger partial charge in [0.1, 0.15) is 0 Å². The minimum Gasteiger partial charge on any atom is -0.353 e. The average molecular weight is 347 g/mol. The van der Waals surface area contributed by atoms with Crippen LogP contribution in [0.3, 0.4) is 0 Å². The van der Waals surface area contributed by atoms with Crippen molar-refractivity contribution in [1.29, 1.82) is 0 Å². The number of tetrazole rings is 1. The molecule has 0 fully saturated rings.